The van der Waals surface area contributed by atoms with E-state index in [0.29, 0.717) is 5.41 Å². The average molecular weight is 154 g/mol. The molecule has 0 aromatic carbocycles. The molecule has 0 aromatic rings. The normalized spacial score (nSPS) is 22.3. The summed E-state index contributed by atoms with van der Waals surface area (Å²) in [5.74, 6) is 1.21. The third kappa shape index (κ3) is 3.45. The molecule has 1 nitrogen and oxygen atoms in total. The minimum Gasteiger partial charge on any atom is -0.498 e. The van der Waals surface area contributed by atoms with Crippen molar-refractivity contribution in [2.45, 2.75) is 40.0 Å². The fourth-order valence-electron chi connectivity index (χ4n) is 1.10. The number of ether oxygens (including phenoxy) is 1. The molecule has 0 unspecified atom stereocenters. The molecule has 0 bridgehead atoms. The first-order valence-electron chi connectivity index (χ1n) is 4.40. The van der Waals surface area contributed by atoms with Crippen LogP contribution < -0.4 is 0 Å². The summed E-state index contributed by atoms with van der Waals surface area (Å²) in [4.78, 5) is 0. The zero-order valence-corrected chi connectivity index (χ0v) is 7.81. The highest BCUT2D eigenvalue weighted by Crippen LogP contribution is 2.23. The zero-order chi connectivity index (χ0) is 8.32. The maximum Gasteiger partial charge on any atom is 0.0921 e. The predicted octanol–water partition coefficient (Wildman–Crippen LogP) is 3.12. The van der Waals surface area contributed by atoms with Gasteiger partial charge in [0.05, 0.1) is 12.4 Å². The number of hydrogen-bond donors (Lipinski definition) is 0. The SMILES string of the molecule is CC(C)(C)CC=C1CCCO1. The van der Waals surface area contributed by atoms with Gasteiger partial charge in [-0.2, -0.15) is 0 Å². The molecular formula is C10H18O. The van der Waals surface area contributed by atoms with E-state index >= 15 is 0 Å². The van der Waals surface area contributed by atoms with Crippen molar-refractivity contribution in [3.63, 3.8) is 0 Å². The van der Waals surface area contributed by atoms with E-state index in [0.717, 1.165) is 19.4 Å². The molecule has 1 aliphatic heterocycles. The topological polar surface area (TPSA) is 9.23 Å². The lowest BCUT2D eigenvalue weighted by atomic mass is 9.92. The highest BCUT2D eigenvalue weighted by molar-refractivity contribution is 4.97. The van der Waals surface area contributed by atoms with Crippen LogP contribution in [0.5, 0.6) is 0 Å². The quantitative estimate of drug-likeness (QED) is 0.564. The van der Waals surface area contributed by atoms with Crippen molar-refractivity contribution in [2.24, 2.45) is 5.41 Å². The lowest BCUT2D eigenvalue weighted by molar-refractivity contribution is 0.259. The van der Waals surface area contributed by atoms with Crippen LogP contribution in [-0.4, -0.2) is 6.61 Å². The molecule has 0 aromatic heterocycles. The molecular weight excluding hydrogens is 136 g/mol. The van der Waals surface area contributed by atoms with Crippen molar-refractivity contribution in [1.82, 2.24) is 0 Å². The maximum absolute atomic E-state index is 5.41. The maximum atomic E-state index is 5.41. The summed E-state index contributed by atoms with van der Waals surface area (Å²) in [7, 11) is 0. The third-order valence-electron chi connectivity index (χ3n) is 1.80. The first-order chi connectivity index (χ1) is 5.08. The molecule has 0 N–H and O–H groups in total. The molecule has 0 radical (unpaired) electrons. The van der Waals surface area contributed by atoms with Gasteiger partial charge in [0.15, 0.2) is 0 Å². The Bertz CT molecular complexity index is 143. The Balaban J connectivity index is 2.34. The van der Waals surface area contributed by atoms with Crippen LogP contribution in [0.4, 0.5) is 0 Å². The monoisotopic (exact) mass is 154 g/mol. The van der Waals surface area contributed by atoms with E-state index in [1.165, 1.54) is 12.2 Å². The van der Waals surface area contributed by atoms with Crippen molar-refractivity contribution >= 4 is 0 Å². The molecule has 64 valence electrons. The van der Waals surface area contributed by atoms with Gasteiger partial charge < -0.3 is 4.74 Å². The van der Waals surface area contributed by atoms with Crippen LogP contribution in [0.1, 0.15) is 40.0 Å². The van der Waals surface area contributed by atoms with E-state index in [-0.39, 0.29) is 0 Å². The minimum absolute atomic E-state index is 0.402. The second kappa shape index (κ2) is 3.29. The van der Waals surface area contributed by atoms with Gasteiger partial charge in [0, 0.05) is 6.42 Å². The summed E-state index contributed by atoms with van der Waals surface area (Å²) in [5.41, 5.74) is 0.402. The van der Waals surface area contributed by atoms with Crippen molar-refractivity contribution in [3.05, 3.63) is 11.8 Å². The highest BCUT2D eigenvalue weighted by atomic mass is 16.5. The molecule has 1 rings (SSSR count). The van der Waals surface area contributed by atoms with Crippen LogP contribution in [0.15, 0.2) is 11.8 Å². The number of rotatable bonds is 1. The average Bonchev–Trinajstić information content (AvgIpc) is 2.32. The van der Waals surface area contributed by atoms with Gasteiger partial charge in [-0.25, -0.2) is 0 Å². The highest BCUT2D eigenvalue weighted by Gasteiger charge is 2.11. The van der Waals surface area contributed by atoms with Crippen LogP contribution >= 0.6 is 0 Å². The molecule has 0 aliphatic carbocycles. The lowest BCUT2D eigenvalue weighted by Gasteiger charge is -2.15. The summed E-state index contributed by atoms with van der Waals surface area (Å²) in [6.45, 7) is 7.67. The largest absolute Gasteiger partial charge is 0.498 e. The van der Waals surface area contributed by atoms with E-state index in [4.69, 9.17) is 4.74 Å². The summed E-state index contributed by atoms with van der Waals surface area (Å²) < 4.78 is 5.41. The van der Waals surface area contributed by atoms with Crippen LogP contribution in [-0.2, 0) is 4.74 Å². The fourth-order valence-corrected chi connectivity index (χ4v) is 1.10. The van der Waals surface area contributed by atoms with Gasteiger partial charge in [-0.05, 0) is 24.3 Å². The van der Waals surface area contributed by atoms with Crippen LogP contribution in [0.25, 0.3) is 0 Å². The Hall–Kier alpha value is -0.460. The van der Waals surface area contributed by atoms with E-state index in [9.17, 15) is 0 Å². The van der Waals surface area contributed by atoms with Crippen LogP contribution in [0.2, 0.25) is 0 Å². The molecule has 0 saturated carbocycles. The van der Waals surface area contributed by atoms with Gasteiger partial charge >= 0.3 is 0 Å². The molecule has 1 heteroatoms. The Morgan fingerprint density at radius 2 is 2.18 bits per heavy atom. The van der Waals surface area contributed by atoms with Gasteiger partial charge in [0.2, 0.25) is 0 Å². The summed E-state index contributed by atoms with van der Waals surface area (Å²) in [6, 6.07) is 0. The zero-order valence-electron chi connectivity index (χ0n) is 7.81. The van der Waals surface area contributed by atoms with E-state index in [1.54, 1.807) is 0 Å². The summed E-state index contributed by atoms with van der Waals surface area (Å²) >= 11 is 0. The van der Waals surface area contributed by atoms with Gasteiger partial charge in [-0.1, -0.05) is 20.8 Å². The first kappa shape index (κ1) is 8.63. The first-order valence-corrected chi connectivity index (χ1v) is 4.40. The van der Waals surface area contributed by atoms with Crippen LogP contribution in [0.3, 0.4) is 0 Å². The summed E-state index contributed by atoms with van der Waals surface area (Å²) in [6.07, 6.45) is 5.72. The number of allylic oxidation sites excluding steroid dienone is 2. The van der Waals surface area contributed by atoms with Gasteiger partial charge in [0.25, 0.3) is 0 Å². The molecule has 0 amide bonds. The van der Waals surface area contributed by atoms with E-state index in [1.807, 2.05) is 0 Å². The predicted molar refractivity (Wildman–Crippen MR) is 47.3 cm³/mol. The van der Waals surface area contributed by atoms with Gasteiger partial charge in [-0.3, -0.25) is 0 Å². The smallest absolute Gasteiger partial charge is 0.0921 e. The Morgan fingerprint density at radius 1 is 1.45 bits per heavy atom. The second-order valence-electron chi connectivity index (χ2n) is 4.39. The minimum atomic E-state index is 0.402. The molecule has 11 heavy (non-hydrogen) atoms. The Morgan fingerprint density at radius 3 is 2.64 bits per heavy atom. The van der Waals surface area contributed by atoms with E-state index < -0.39 is 0 Å². The second-order valence-corrected chi connectivity index (χ2v) is 4.39. The molecule has 1 aliphatic rings. The molecule has 0 spiro atoms. The van der Waals surface area contributed by atoms with Gasteiger partial charge in [-0.15, -0.1) is 0 Å². The molecule has 1 saturated heterocycles. The molecule has 1 heterocycles. The van der Waals surface area contributed by atoms with Crippen molar-refractivity contribution in [1.29, 1.82) is 0 Å². The third-order valence-corrected chi connectivity index (χ3v) is 1.80. The van der Waals surface area contributed by atoms with Crippen molar-refractivity contribution in [2.75, 3.05) is 6.61 Å². The Kier molecular flexibility index (Phi) is 2.58. The molecule has 1 fully saturated rings. The van der Waals surface area contributed by atoms with Crippen molar-refractivity contribution < 1.29 is 4.74 Å². The fraction of sp³-hybridized carbons (Fsp3) is 0.800. The van der Waals surface area contributed by atoms with Gasteiger partial charge in [0.1, 0.15) is 0 Å². The molecule has 0 atom stereocenters. The van der Waals surface area contributed by atoms with E-state index in [2.05, 4.69) is 26.8 Å². The Labute approximate surface area is 69.4 Å². The number of hydrogen-bond acceptors (Lipinski definition) is 1. The summed E-state index contributed by atoms with van der Waals surface area (Å²) in [5, 5.41) is 0. The lowest BCUT2D eigenvalue weighted by Crippen LogP contribution is -2.02. The van der Waals surface area contributed by atoms with Crippen molar-refractivity contribution in [3.8, 4) is 0 Å². The van der Waals surface area contributed by atoms with Crippen LogP contribution in [0, 0.1) is 5.41 Å². The standard InChI is InChI=1S/C10H18O/c1-10(2,3)7-6-9-5-4-8-11-9/h6H,4-5,7-8H2,1-3H3.